The summed E-state index contributed by atoms with van der Waals surface area (Å²) in [4.78, 5) is -1.69. The molecule has 0 spiro atoms. The first kappa shape index (κ1) is 17.8. The van der Waals surface area contributed by atoms with Crippen molar-refractivity contribution in [1.82, 2.24) is 0 Å². The molecule has 5 unspecified atom stereocenters. The van der Waals surface area contributed by atoms with E-state index in [2.05, 4.69) is 0 Å². The van der Waals surface area contributed by atoms with Crippen molar-refractivity contribution in [1.29, 1.82) is 0 Å². The van der Waals surface area contributed by atoms with Crippen molar-refractivity contribution in [3.8, 4) is 0 Å². The lowest BCUT2D eigenvalue weighted by Crippen LogP contribution is -2.41. The first-order chi connectivity index (χ1) is 11.1. The minimum atomic E-state index is -1.88. The maximum atomic E-state index is 14.4. The second-order valence-corrected chi connectivity index (χ2v) is 7.42. The van der Waals surface area contributed by atoms with E-state index in [0.717, 1.165) is 24.3 Å². The number of rotatable bonds is 3. The molecule has 5 atom stereocenters. The summed E-state index contributed by atoms with van der Waals surface area (Å²) >= 11 is 12.0. The van der Waals surface area contributed by atoms with Gasteiger partial charge in [0.2, 0.25) is 0 Å². The molecule has 24 heavy (non-hydrogen) atoms. The lowest BCUT2D eigenvalue weighted by molar-refractivity contribution is 0.130. The molecule has 0 bridgehead atoms. The van der Waals surface area contributed by atoms with Crippen LogP contribution >= 0.6 is 23.2 Å². The monoisotopic (exact) mass is 380 g/mol. The van der Waals surface area contributed by atoms with Gasteiger partial charge in [0, 0.05) is 16.0 Å². The summed E-state index contributed by atoms with van der Waals surface area (Å²) in [5.74, 6) is -3.44. The van der Waals surface area contributed by atoms with Gasteiger partial charge >= 0.3 is 0 Å². The zero-order chi connectivity index (χ0) is 17.9. The maximum Gasteiger partial charge on any atom is 0.144 e. The van der Waals surface area contributed by atoms with Crippen LogP contribution in [-0.2, 0) is 5.41 Å². The third-order valence-electron chi connectivity index (χ3n) is 4.98. The van der Waals surface area contributed by atoms with Crippen molar-refractivity contribution < 1.29 is 22.7 Å². The summed E-state index contributed by atoms with van der Waals surface area (Å²) in [6.07, 6.45) is -0.137. The summed E-state index contributed by atoms with van der Waals surface area (Å²) in [5.41, 5.74) is -1.78. The number of alkyl halides is 2. The number of hydrogen-bond acceptors (Lipinski definition) is 1. The zero-order valence-corrected chi connectivity index (χ0v) is 14.1. The van der Waals surface area contributed by atoms with Crippen LogP contribution in [0.1, 0.15) is 18.9 Å². The summed E-state index contributed by atoms with van der Waals surface area (Å²) in [6.45, 7) is 1.37. The standard InChI is InChI=1S/C17H14Cl2F4O/c1-8(24)16(15-11(21)4-9(18)5-12(15)22)7-13(16)17(19)3-2-10(20)6-14(17)23/h2-6,8,13-14,24H,7H2,1H3. The molecule has 0 heterocycles. The van der Waals surface area contributed by atoms with Crippen LogP contribution in [0.5, 0.6) is 0 Å². The van der Waals surface area contributed by atoms with Crippen LogP contribution in [0.15, 0.2) is 36.2 Å². The van der Waals surface area contributed by atoms with Gasteiger partial charge in [0.15, 0.2) is 0 Å². The largest absolute Gasteiger partial charge is 0.392 e. The smallest absolute Gasteiger partial charge is 0.144 e. The van der Waals surface area contributed by atoms with Crippen molar-refractivity contribution in [2.24, 2.45) is 5.92 Å². The van der Waals surface area contributed by atoms with Crippen molar-refractivity contribution in [2.45, 2.75) is 35.9 Å². The highest BCUT2D eigenvalue weighted by Gasteiger charge is 2.69. The number of hydrogen-bond donors (Lipinski definition) is 1. The van der Waals surface area contributed by atoms with Crippen LogP contribution < -0.4 is 0 Å². The Morgan fingerprint density at radius 1 is 1.25 bits per heavy atom. The highest BCUT2D eigenvalue weighted by Crippen LogP contribution is 2.65. The molecule has 1 nitrogen and oxygen atoms in total. The third kappa shape index (κ3) is 2.49. The molecular formula is C17H14Cl2F4O. The Morgan fingerprint density at radius 3 is 2.33 bits per heavy atom. The van der Waals surface area contributed by atoms with E-state index in [4.69, 9.17) is 23.2 Å². The fraction of sp³-hybridized carbons (Fsp3) is 0.412. The van der Waals surface area contributed by atoms with Gasteiger partial charge in [-0.2, -0.15) is 0 Å². The highest BCUT2D eigenvalue weighted by molar-refractivity contribution is 6.30. The van der Waals surface area contributed by atoms with Crippen LogP contribution in [0.25, 0.3) is 0 Å². The van der Waals surface area contributed by atoms with E-state index in [1.807, 2.05) is 0 Å². The summed E-state index contributed by atoms with van der Waals surface area (Å²) < 4.78 is 56.3. The van der Waals surface area contributed by atoms with Crippen LogP contribution in [0.4, 0.5) is 17.6 Å². The van der Waals surface area contributed by atoms with E-state index in [1.54, 1.807) is 0 Å². The van der Waals surface area contributed by atoms with Gasteiger partial charge in [0.1, 0.15) is 28.5 Å². The molecule has 0 radical (unpaired) electrons. The van der Waals surface area contributed by atoms with E-state index in [0.29, 0.717) is 6.08 Å². The minimum Gasteiger partial charge on any atom is -0.392 e. The lowest BCUT2D eigenvalue weighted by Gasteiger charge is -2.33. The second-order valence-electron chi connectivity index (χ2n) is 6.33. The van der Waals surface area contributed by atoms with Gasteiger partial charge in [-0.25, -0.2) is 17.6 Å². The Hall–Kier alpha value is -1.04. The quantitative estimate of drug-likeness (QED) is 0.578. The maximum absolute atomic E-state index is 14.4. The molecule has 1 saturated carbocycles. The SMILES string of the molecule is CC(O)C1(c2c(F)cc(Cl)cc2F)CC1C1(Cl)C=CC(F)=CC1F. The molecule has 0 amide bonds. The van der Waals surface area contributed by atoms with Gasteiger partial charge in [0.25, 0.3) is 0 Å². The van der Waals surface area contributed by atoms with E-state index in [-0.39, 0.29) is 17.0 Å². The lowest BCUT2D eigenvalue weighted by atomic mass is 9.80. The Bertz CT molecular complexity index is 725. The van der Waals surface area contributed by atoms with Gasteiger partial charge in [-0.1, -0.05) is 17.7 Å². The molecule has 2 aliphatic rings. The molecule has 0 aliphatic heterocycles. The summed E-state index contributed by atoms with van der Waals surface area (Å²) in [7, 11) is 0. The molecule has 2 aliphatic carbocycles. The van der Waals surface area contributed by atoms with Crippen molar-refractivity contribution in [3.63, 3.8) is 0 Å². The Kier molecular flexibility index (Phi) is 4.26. The van der Waals surface area contributed by atoms with E-state index in [9.17, 15) is 22.7 Å². The van der Waals surface area contributed by atoms with Gasteiger partial charge in [-0.15, -0.1) is 11.6 Å². The molecule has 1 aromatic carbocycles. The Balaban J connectivity index is 2.08. The van der Waals surface area contributed by atoms with E-state index < -0.39 is 45.9 Å². The number of aliphatic hydroxyl groups excluding tert-OH is 1. The fourth-order valence-electron chi connectivity index (χ4n) is 3.69. The molecular weight excluding hydrogens is 367 g/mol. The van der Waals surface area contributed by atoms with Crippen LogP contribution in [0.2, 0.25) is 5.02 Å². The van der Waals surface area contributed by atoms with Gasteiger partial charge in [-0.05, 0) is 43.5 Å². The molecule has 3 rings (SSSR count). The molecule has 1 fully saturated rings. The predicted octanol–water partition coefficient (Wildman–Crippen LogP) is 5.00. The summed E-state index contributed by atoms with van der Waals surface area (Å²) in [6, 6.07) is 1.87. The van der Waals surface area contributed by atoms with Gasteiger partial charge < -0.3 is 5.11 Å². The van der Waals surface area contributed by atoms with Gasteiger partial charge in [-0.3, -0.25) is 0 Å². The molecule has 0 aromatic heterocycles. The van der Waals surface area contributed by atoms with Crippen molar-refractivity contribution in [2.75, 3.05) is 0 Å². The Morgan fingerprint density at radius 2 is 1.83 bits per heavy atom. The molecule has 1 N–H and O–H groups in total. The van der Waals surface area contributed by atoms with Crippen molar-refractivity contribution >= 4 is 23.2 Å². The topological polar surface area (TPSA) is 20.2 Å². The van der Waals surface area contributed by atoms with Crippen LogP contribution in [0, 0.1) is 17.6 Å². The van der Waals surface area contributed by atoms with E-state index >= 15 is 0 Å². The third-order valence-corrected chi connectivity index (χ3v) is 5.80. The molecule has 130 valence electrons. The average molecular weight is 381 g/mol. The van der Waals surface area contributed by atoms with Crippen LogP contribution in [-0.4, -0.2) is 22.3 Å². The number of halogens is 6. The van der Waals surface area contributed by atoms with Crippen LogP contribution in [0.3, 0.4) is 0 Å². The van der Waals surface area contributed by atoms with Crippen molar-refractivity contribution in [3.05, 3.63) is 58.4 Å². The highest BCUT2D eigenvalue weighted by atomic mass is 35.5. The minimum absolute atomic E-state index is 0.0594. The first-order valence-corrected chi connectivity index (χ1v) is 8.11. The Labute approximate surface area is 146 Å². The zero-order valence-electron chi connectivity index (χ0n) is 12.5. The number of aliphatic hydroxyl groups is 1. The summed E-state index contributed by atoms with van der Waals surface area (Å²) in [5, 5.41) is 10.1. The molecule has 0 saturated heterocycles. The first-order valence-electron chi connectivity index (χ1n) is 7.35. The van der Waals surface area contributed by atoms with E-state index in [1.165, 1.54) is 6.92 Å². The second kappa shape index (κ2) is 5.75. The normalized spacial score (nSPS) is 36.4. The number of allylic oxidation sites excluding steroid dienone is 4. The average Bonchev–Trinajstić information content (AvgIpc) is 3.19. The number of benzene rings is 1. The molecule has 7 heteroatoms. The predicted molar refractivity (Wildman–Crippen MR) is 84.6 cm³/mol. The van der Waals surface area contributed by atoms with Gasteiger partial charge in [0.05, 0.1) is 6.10 Å². The fourth-order valence-corrected chi connectivity index (χ4v) is 4.28. The molecule has 1 aromatic rings.